The lowest BCUT2D eigenvalue weighted by molar-refractivity contribution is -0.125. The van der Waals surface area contributed by atoms with E-state index in [1.54, 1.807) is 30.3 Å². The number of likely N-dealkylation sites (tertiary alicyclic amines) is 1. The van der Waals surface area contributed by atoms with Crippen molar-refractivity contribution in [3.05, 3.63) is 65.1 Å². The van der Waals surface area contributed by atoms with E-state index in [-0.39, 0.29) is 17.9 Å². The van der Waals surface area contributed by atoms with Crippen LogP contribution in [0.2, 0.25) is 0 Å². The van der Waals surface area contributed by atoms with Crippen molar-refractivity contribution in [2.45, 2.75) is 45.2 Å². The molecule has 1 fully saturated rings. The molecule has 2 aliphatic heterocycles. The molecule has 1 aromatic carbocycles. The van der Waals surface area contributed by atoms with Crippen molar-refractivity contribution in [2.24, 2.45) is 0 Å². The van der Waals surface area contributed by atoms with Crippen LogP contribution in [-0.4, -0.2) is 52.8 Å². The van der Waals surface area contributed by atoms with Crippen molar-refractivity contribution in [1.29, 1.82) is 0 Å². The number of furan rings is 1. The number of aryl methyl sites for hydroxylation is 2. The molecule has 0 bridgehead atoms. The van der Waals surface area contributed by atoms with Crippen LogP contribution >= 0.6 is 0 Å². The Hall–Kier alpha value is -3.45. The van der Waals surface area contributed by atoms with Crippen molar-refractivity contribution in [1.82, 2.24) is 14.8 Å². The van der Waals surface area contributed by atoms with Crippen molar-refractivity contribution in [2.75, 3.05) is 25.5 Å². The fourth-order valence-electron chi connectivity index (χ4n) is 4.91. The quantitative estimate of drug-likeness (QED) is 0.581. The summed E-state index contributed by atoms with van der Waals surface area (Å²) in [6.45, 7) is 4.39. The second-order valence-corrected chi connectivity index (χ2v) is 9.24. The minimum atomic E-state index is -0.114. The Kier molecular flexibility index (Phi) is 6.20. The maximum absolute atomic E-state index is 12.7. The largest absolute Gasteiger partial charge is 0.459 e. The van der Waals surface area contributed by atoms with Gasteiger partial charge >= 0.3 is 0 Å². The molecule has 5 rings (SSSR count). The Balaban J connectivity index is 1.25. The van der Waals surface area contributed by atoms with E-state index in [0.29, 0.717) is 12.4 Å². The number of benzene rings is 1. The topological polar surface area (TPSA) is 78.7 Å². The first-order chi connectivity index (χ1) is 16.5. The van der Waals surface area contributed by atoms with Gasteiger partial charge in [0, 0.05) is 30.3 Å². The standard InChI is InChI=1S/C27H30N4O3/c1-18-21-7-3-4-8-23(21)34-24(18)17-30(2)25(32)12-9-19-15-20-10-11-22(31-13-5-6-14-31)27(33)29-26(20)28-16-19/h3-4,7-9,12,15-16,22H,5-6,10-11,13-14,17H2,1-2H3,(H,28,29,33)/b12-9+. The molecule has 7 nitrogen and oxygen atoms in total. The number of carbonyl (C=O) groups is 2. The number of carbonyl (C=O) groups excluding carboxylic acids is 2. The summed E-state index contributed by atoms with van der Waals surface area (Å²) in [5.74, 6) is 1.35. The van der Waals surface area contributed by atoms with Gasteiger partial charge in [-0.1, -0.05) is 18.2 Å². The van der Waals surface area contributed by atoms with Gasteiger partial charge in [-0.25, -0.2) is 4.98 Å². The number of amides is 2. The van der Waals surface area contributed by atoms with Crippen LogP contribution in [0.15, 0.2) is 47.0 Å². The number of hydrogen-bond donors (Lipinski definition) is 1. The highest BCUT2D eigenvalue weighted by Gasteiger charge is 2.31. The second kappa shape index (κ2) is 9.43. The van der Waals surface area contributed by atoms with E-state index in [1.807, 2.05) is 37.3 Å². The van der Waals surface area contributed by atoms with Gasteiger partial charge in [0.1, 0.15) is 17.2 Å². The summed E-state index contributed by atoms with van der Waals surface area (Å²) in [6, 6.07) is 9.82. The number of aromatic nitrogens is 1. The number of nitrogens with one attached hydrogen (secondary N) is 1. The molecule has 1 N–H and O–H groups in total. The molecule has 3 aromatic rings. The number of hydrogen-bond acceptors (Lipinski definition) is 5. The zero-order valence-electron chi connectivity index (χ0n) is 19.7. The number of anilines is 1. The molecule has 1 atom stereocenters. The first kappa shape index (κ1) is 22.3. The van der Waals surface area contributed by atoms with Gasteiger partial charge in [0.05, 0.1) is 12.6 Å². The molecule has 7 heteroatoms. The molecule has 0 spiro atoms. The highest BCUT2D eigenvalue weighted by Crippen LogP contribution is 2.27. The van der Waals surface area contributed by atoms with E-state index in [0.717, 1.165) is 72.2 Å². The third-order valence-corrected chi connectivity index (χ3v) is 6.92. The molecule has 1 saturated heterocycles. The zero-order chi connectivity index (χ0) is 23.7. The Bertz CT molecular complexity index is 1260. The third kappa shape index (κ3) is 4.48. The number of nitrogens with zero attached hydrogens (tertiary/aromatic N) is 3. The molecule has 2 aliphatic rings. The van der Waals surface area contributed by atoms with Crippen LogP contribution < -0.4 is 5.32 Å². The van der Waals surface area contributed by atoms with Gasteiger partial charge in [0.15, 0.2) is 0 Å². The van der Waals surface area contributed by atoms with E-state index < -0.39 is 0 Å². The summed E-state index contributed by atoms with van der Waals surface area (Å²) < 4.78 is 5.94. The summed E-state index contributed by atoms with van der Waals surface area (Å²) in [5.41, 5.74) is 3.75. The lowest BCUT2D eigenvalue weighted by Crippen LogP contribution is -2.41. The third-order valence-electron chi connectivity index (χ3n) is 6.92. The summed E-state index contributed by atoms with van der Waals surface area (Å²) >= 11 is 0. The van der Waals surface area contributed by atoms with Gasteiger partial charge in [-0.2, -0.15) is 0 Å². The van der Waals surface area contributed by atoms with Crippen LogP contribution in [0.1, 0.15) is 41.7 Å². The molecule has 34 heavy (non-hydrogen) atoms. The van der Waals surface area contributed by atoms with E-state index in [1.165, 1.54) is 0 Å². The average molecular weight is 459 g/mol. The molecule has 0 aliphatic carbocycles. The number of fused-ring (bicyclic) bond motifs is 2. The minimum Gasteiger partial charge on any atom is -0.459 e. The highest BCUT2D eigenvalue weighted by molar-refractivity contribution is 5.96. The van der Waals surface area contributed by atoms with Gasteiger partial charge in [-0.3, -0.25) is 14.5 Å². The Morgan fingerprint density at radius 3 is 2.88 bits per heavy atom. The summed E-state index contributed by atoms with van der Waals surface area (Å²) in [4.78, 5) is 33.8. The molecule has 2 aromatic heterocycles. The molecule has 176 valence electrons. The maximum atomic E-state index is 12.7. The second-order valence-electron chi connectivity index (χ2n) is 9.24. The maximum Gasteiger partial charge on any atom is 0.246 e. The van der Waals surface area contributed by atoms with E-state index in [9.17, 15) is 9.59 Å². The van der Waals surface area contributed by atoms with Crippen LogP contribution in [0.25, 0.3) is 17.0 Å². The predicted molar refractivity (Wildman–Crippen MR) is 132 cm³/mol. The molecule has 0 saturated carbocycles. The van der Waals surface area contributed by atoms with Gasteiger partial charge < -0.3 is 14.6 Å². The average Bonchev–Trinajstić information content (AvgIpc) is 3.43. The molecule has 0 radical (unpaired) electrons. The van der Waals surface area contributed by atoms with Crippen molar-refractivity contribution in [3.8, 4) is 0 Å². The van der Waals surface area contributed by atoms with Crippen LogP contribution in [0.3, 0.4) is 0 Å². The monoisotopic (exact) mass is 458 g/mol. The first-order valence-corrected chi connectivity index (χ1v) is 11.9. The summed E-state index contributed by atoms with van der Waals surface area (Å²) in [6.07, 6.45) is 8.91. The molecule has 1 unspecified atom stereocenters. The van der Waals surface area contributed by atoms with E-state index >= 15 is 0 Å². The highest BCUT2D eigenvalue weighted by atomic mass is 16.3. The smallest absolute Gasteiger partial charge is 0.246 e. The molecular formula is C27H30N4O3. The van der Waals surface area contributed by atoms with Gasteiger partial charge in [0.2, 0.25) is 11.8 Å². The van der Waals surface area contributed by atoms with Gasteiger partial charge in [-0.05, 0) is 75.0 Å². The van der Waals surface area contributed by atoms with E-state index in [2.05, 4.69) is 15.2 Å². The first-order valence-electron chi connectivity index (χ1n) is 11.9. The fraction of sp³-hybridized carbons (Fsp3) is 0.370. The normalized spacial score (nSPS) is 18.8. The molecule has 4 heterocycles. The number of para-hydroxylation sites is 1. The van der Waals surface area contributed by atoms with Crippen LogP contribution in [0.5, 0.6) is 0 Å². The van der Waals surface area contributed by atoms with Gasteiger partial charge in [0.25, 0.3) is 0 Å². The lowest BCUT2D eigenvalue weighted by atomic mass is 10.1. The van der Waals surface area contributed by atoms with Crippen LogP contribution in [-0.2, 0) is 22.6 Å². The Morgan fingerprint density at radius 1 is 1.29 bits per heavy atom. The van der Waals surface area contributed by atoms with Crippen LogP contribution in [0, 0.1) is 6.92 Å². The molecule has 2 amide bonds. The summed E-state index contributed by atoms with van der Waals surface area (Å²) in [5, 5.41) is 4.07. The number of rotatable bonds is 5. The van der Waals surface area contributed by atoms with Crippen molar-refractivity contribution in [3.63, 3.8) is 0 Å². The number of pyridine rings is 1. The Morgan fingerprint density at radius 2 is 2.09 bits per heavy atom. The van der Waals surface area contributed by atoms with E-state index in [4.69, 9.17) is 4.42 Å². The number of likely N-dealkylation sites (N-methyl/N-ethyl adjacent to an activating group) is 1. The van der Waals surface area contributed by atoms with Crippen molar-refractivity contribution >= 4 is 34.7 Å². The van der Waals surface area contributed by atoms with Crippen molar-refractivity contribution < 1.29 is 14.0 Å². The van der Waals surface area contributed by atoms with Gasteiger partial charge in [-0.15, -0.1) is 0 Å². The summed E-state index contributed by atoms with van der Waals surface area (Å²) in [7, 11) is 1.77. The van der Waals surface area contributed by atoms with Crippen LogP contribution in [0.4, 0.5) is 5.82 Å². The lowest BCUT2D eigenvalue weighted by Gasteiger charge is -2.24. The molecular weight excluding hydrogens is 428 g/mol. The Labute approximate surface area is 199 Å². The minimum absolute atomic E-state index is 0.0362. The zero-order valence-corrected chi connectivity index (χ0v) is 19.7. The SMILES string of the molecule is Cc1c(CN(C)C(=O)/C=C/c2cnc3c(c2)CCC(N2CCCC2)C(=O)N3)oc2ccccc12. The predicted octanol–water partition coefficient (Wildman–Crippen LogP) is 4.16. The fourth-order valence-corrected chi connectivity index (χ4v) is 4.91.